The minimum Gasteiger partial charge on any atom is -0.395 e. The normalized spacial score (nSPS) is 22.1. The number of carbonyl (C=O) groups excluding carboxylic acids is 1. The van der Waals surface area contributed by atoms with Crippen molar-refractivity contribution in [1.82, 2.24) is 4.57 Å². The third-order valence-electron chi connectivity index (χ3n) is 7.92. The molecule has 40 heavy (non-hydrogen) atoms. The van der Waals surface area contributed by atoms with Crippen LogP contribution in [-0.2, 0) is 31.6 Å². The van der Waals surface area contributed by atoms with E-state index in [9.17, 15) is 18.7 Å². The van der Waals surface area contributed by atoms with Crippen molar-refractivity contribution in [3.05, 3.63) is 53.5 Å². The van der Waals surface area contributed by atoms with Gasteiger partial charge in [0.05, 0.1) is 36.4 Å². The maximum atomic E-state index is 15.5. The standard InChI is InChI=1S/C29H31F3N2O6/c1-26(2,15-35)24-10-16-9-20(19(30)12-21(16)34(24)13-18-14-37-27(3,4)38-18)33-25(36)28(7-8-28)17-5-6-22-23(11-17)40-29(31,32)39-22/h5-6,9-12,18,35H,7-8,13-15H2,1-4H3,(H,33,36). The topological polar surface area (TPSA) is 91.2 Å². The Kier molecular flexibility index (Phi) is 5.96. The van der Waals surface area contributed by atoms with Gasteiger partial charge in [0.1, 0.15) is 11.9 Å². The van der Waals surface area contributed by atoms with Crippen molar-refractivity contribution in [3.8, 4) is 11.5 Å². The molecule has 1 saturated carbocycles. The number of fused-ring (bicyclic) bond motifs is 2. The summed E-state index contributed by atoms with van der Waals surface area (Å²) in [6.07, 6.45) is -3.07. The summed E-state index contributed by atoms with van der Waals surface area (Å²) >= 11 is 0. The first-order chi connectivity index (χ1) is 18.7. The molecule has 1 atom stereocenters. The van der Waals surface area contributed by atoms with Gasteiger partial charge in [-0.15, -0.1) is 8.78 Å². The van der Waals surface area contributed by atoms with E-state index in [1.807, 2.05) is 38.3 Å². The summed E-state index contributed by atoms with van der Waals surface area (Å²) < 4.78 is 65.1. The molecule has 1 unspecified atom stereocenters. The quantitative estimate of drug-likeness (QED) is 0.413. The van der Waals surface area contributed by atoms with E-state index in [1.165, 1.54) is 18.2 Å². The van der Waals surface area contributed by atoms with Crippen molar-refractivity contribution < 1.29 is 42.0 Å². The molecule has 6 rings (SSSR count). The number of amides is 1. The van der Waals surface area contributed by atoms with Crippen LogP contribution in [0.15, 0.2) is 36.4 Å². The van der Waals surface area contributed by atoms with Crippen LogP contribution in [0.25, 0.3) is 10.9 Å². The first-order valence-electron chi connectivity index (χ1n) is 13.2. The predicted molar refractivity (Wildman–Crippen MR) is 139 cm³/mol. The second-order valence-electron chi connectivity index (χ2n) is 11.9. The Bertz CT molecular complexity index is 1510. The average Bonchev–Trinajstić information content (AvgIpc) is 3.39. The Morgan fingerprint density at radius 2 is 1.85 bits per heavy atom. The molecule has 214 valence electrons. The lowest BCUT2D eigenvalue weighted by Crippen LogP contribution is -2.30. The molecule has 2 aliphatic heterocycles. The highest BCUT2D eigenvalue weighted by atomic mass is 19.3. The average molecular weight is 561 g/mol. The summed E-state index contributed by atoms with van der Waals surface area (Å²) in [6.45, 7) is 8.09. The highest BCUT2D eigenvalue weighted by Gasteiger charge is 2.53. The van der Waals surface area contributed by atoms with Crippen molar-refractivity contribution in [2.75, 3.05) is 18.5 Å². The molecule has 0 bridgehead atoms. The molecule has 11 heteroatoms. The van der Waals surface area contributed by atoms with E-state index < -0.39 is 34.6 Å². The fourth-order valence-corrected chi connectivity index (χ4v) is 5.54. The highest BCUT2D eigenvalue weighted by Crippen LogP contribution is 2.52. The number of alkyl halides is 2. The summed E-state index contributed by atoms with van der Waals surface area (Å²) in [6, 6.07) is 9.09. The third-order valence-corrected chi connectivity index (χ3v) is 7.92. The van der Waals surface area contributed by atoms with Crippen LogP contribution in [-0.4, -0.2) is 47.0 Å². The van der Waals surface area contributed by atoms with Gasteiger partial charge in [0.25, 0.3) is 0 Å². The predicted octanol–water partition coefficient (Wildman–Crippen LogP) is 5.19. The Morgan fingerprint density at radius 3 is 2.50 bits per heavy atom. The second kappa shape index (κ2) is 8.86. The van der Waals surface area contributed by atoms with Gasteiger partial charge in [0.2, 0.25) is 5.91 Å². The molecule has 1 saturated heterocycles. The van der Waals surface area contributed by atoms with Crippen molar-refractivity contribution in [2.24, 2.45) is 0 Å². The van der Waals surface area contributed by atoms with Crippen molar-refractivity contribution in [3.63, 3.8) is 0 Å². The minimum absolute atomic E-state index is 0.00291. The monoisotopic (exact) mass is 560 g/mol. The summed E-state index contributed by atoms with van der Waals surface area (Å²) in [5, 5.41) is 13.5. The SMILES string of the molecule is CC1(C)OCC(Cn2c(C(C)(C)CO)cc3cc(NC(=O)C4(c5ccc6c(c5)OC(F)(F)O6)CC4)c(F)cc32)O1. The number of ether oxygens (including phenoxy) is 4. The molecule has 2 aromatic carbocycles. The number of hydrogen-bond acceptors (Lipinski definition) is 6. The lowest BCUT2D eigenvalue weighted by Gasteiger charge is -2.26. The van der Waals surface area contributed by atoms with Crippen LogP contribution in [0.1, 0.15) is 51.8 Å². The number of carbonyl (C=O) groups is 1. The van der Waals surface area contributed by atoms with Crippen LogP contribution >= 0.6 is 0 Å². The minimum atomic E-state index is -3.76. The molecule has 1 amide bonds. The largest absolute Gasteiger partial charge is 0.586 e. The van der Waals surface area contributed by atoms with Crippen molar-refractivity contribution in [1.29, 1.82) is 0 Å². The Labute approximate surface area is 229 Å². The van der Waals surface area contributed by atoms with Gasteiger partial charge in [-0.2, -0.15) is 0 Å². The summed E-state index contributed by atoms with van der Waals surface area (Å²) in [5.41, 5.74) is 0.257. The van der Waals surface area contributed by atoms with Crippen LogP contribution in [0.3, 0.4) is 0 Å². The van der Waals surface area contributed by atoms with Gasteiger partial charge in [0, 0.05) is 22.6 Å². The van der Waals surface area contributed by atoms with E-state index in [1.54, 1.807) is 12.1 Å². The smallest absolute Gasteiger partial charge is 0.395 e. The van der Waals surface area contributed by atoms with Gasteiger partial charge >= 0.3 is 6.29 Å². The van der Waals surface area contributed by atoms with Crippen LogP contribution < -0.4 is 14.8 Å². The van der Waals surface area contributed by atoms with Gasteiger partial charge < -0.3 is 33.9 Å². The van der Waals surface area contributed by atoms with Crippen molar-refractivity contribution >= 4 is 22.5 Å². The van der Waals surface area contributed by atoms with Gasteiger partial charge in [0.15, 0.2) is 17.3 Å². The van der Waals surface area contributed by atoms with E-state index in [0.717, 1.165) is 5.69 Å². The van der Waals surface area contributed by atoms with E-state index in [2.05, 4.69) is 14.8 Å². The Morgan fingerprint density at radius 1 is 1.12 bits per heavy atom. The van der Waals surface area contributed by atoms with E-state index in [0.29, 0.717) is 42.5 Å². The Hall–Kier alpha value is -3.28. The molecule has 1 aliphatic carbocycles. The molecule has 8 nitrogen and oxygen atoms in total. The zero-order valence-corrected chi connectivity index (χ0v) is 22.6. The summed E-state index contributed by atoms with van der Waals surface area (Å²) in [4.78, 5) is 13.4. The molecule has 0 radical (unpaired) electrons. The third kappa shape index (κ3) is 4.59. The van der Waals surface area contributed by atoms with E-state index >= 15 is 4.39 Å². The summed E-state index contributed by atoms with van der Waals surface area (Å²) in [7, 11) is 0. The number of hydrogen-bond donors (Lipinski definition) is 2. The molecule has 1 aromatic heterocycles. The number of aliphatic hydroxyl groups excluding tert-OH is 1. The van der Waals surface area contributed by atoms with Crippen molar-refractivity contribution in [2.45, 2.75) is 76.1 Å². The van der Waals surface area contributed by atoms with Crippen LogP contribution in [0.2, 0.25) is 0 Å². The summed E-state index contributed by atoms with van der Waals surface area (Å²) in [5.74, 6) is -2.04. The number of anilines is 1. The molecule has 3 aromatic rings. The number of nitrogens with zero attached hydrogens (tertiary/aromatic N) is 1. The molecule has 3 aliphatic rings. The fourth-order valence-electron chi connectivity index (χ4n) is 5.54. The number of nitrogens with one attached hydrogen (secondary N) is 1. The number of benzene rings is 2. The fraction of sp³-hybridized carbons (Fsp3) is 0.483. The molecule has 2 N–H and O–H groups in total. The molecule has 3 heterocycles. The number of halogens is 3. The maximum absolute atomic E-state index is 15.5. The Balaban J connectivity index is 1.30. The first-order valence-corrected chi connectivity index (χ1v) is 13.2. The van der Waals surface area contributed by atoms with E-state index in [4.69, 9.17) is 9.47 Å². The molecular formula is C29H31F3N2O6. The van der Waals surface area contributed by atoms with Crippen LogP contribution in [0.4, 0.5) is 18.9 Å². The highest BCUT2D eigenvalue weighted by molar-refractivity contribution is 6.03. The lowest BCUT2D eigenvalue weighted by atomic mass is 9.90. The van der Waals surface area contributed by atoms with Gasteiger partial charge in [-0.05, 0) is 56.5 Å². The van der Waals surface area contributed by atoms with Gasteiger partial charge in [-0.3, -0.25) is 4.79 Å². The number of aromatic nitrogens is 1. The maximum Gasteiger partial charge on any atom is 0.586 e. The molecule has 0 spiro atoms. The van der Waals surface area contributed by atoms with E-state index in [-0.39, 0.29) is 29.9 Å². The number of rotatable bonds is 7. The van der Waals surface area contributed by atoms with Gasteiger partial charge in [-0.25, -0.2) is 4.39 Å². The van der Waals surface area contributed by atoms with Crippen LogP contribution in [0, 0.1) is 5.82 Å². The zero-order valence-electron chi connectivity index (χ0n) is 22.6. The number of aliphatic hydroxyl groups is 1. The van der Waals surface area contributed by atoms with Gasteiger partial charge in [-0.1, -0.05) is 19.9 Å². The second-order valence-corrected chi connectivity index (χ2v) is 11.9. The lowest BCUT2D eigenvalue weighted by molar-refractivity contribution is -0.286. The van der Waals surface area contributed by atoms with Crippen LogP contribution in [0.5, 0.6) is 11.5 Å². The zero-order chi connectivity index (χ0) is 28.7. The first kappa shape index (κ1) is 26.9. The molecular weight excluding hydrogens is 529 g/mol. The molecule has 2 fully saturated rings.